The van der Waals surface area contributed by atoms with Crippen molar-refractivity contribution in [2.24, 2.45) is 5.10 Å². The van der Waals surface area contributed by atoms with E-state index in [1.54, 1.807) is 30.3 Å². The Morgan fingerprint density at radius 1 is 1.15 bits per heavy atom. The SMILES string of the molecule is CCOc1ccc(C(=O)N/N=C/c2cc(I)c(O)c(OC)c2)cc1OCC. The van der Waals surface area contributed by atoms with Gasteiger partial charge < -0.3 is 19.3 Å². The summed E-state index contributed by atoms with van der Waals surface area (Å²) in [5.41, 5.74) is 3.54. The van der Waals surface area contributed by atoms with Crippen LogP contribution in [0.4, 0.5) is 0 Å². The molecule has 0 unspecified atom stereocenters. The minimum Gasteiger partial charge on any atom is -0.504 e. The summed E-state index contributed by atoms with van der Waals surface area (Å²) in [5.74, 6) is 1.12. The van der Waals surface area contributed by atoms with E-state index in [0.29, 0.717) is 45.2 Å². The normalized spacial score (nSPS) is 10.7. The zero-order valence-electron chi connectivity index (χ0n) is 15.3. The molecule has 27 heavy (non-hydrogen) atoms. The zero-order chi connectivity index (χ0) is 19.8. The summed E-state index contributed by atoms with van der Waals surface area (Å²) in [5, 5.41) is 13.8. The maximum Gasteiger partial charge on any atom is 0.271 e. The quantitative estimate of drug-likeness (QED) is 0.340. The van der Waals surface area contributed by atoms with Crippen LogP contribution in [0.2, 0.25) is 0 Å². The van der Waals surface area contributed by atoms with Gasteiger partial charge in [0.05, 0.1) is 30.1 Å². The fourth-order valence-electron chi connectivity index (χ4n) is 2.25. The molecule has 0 spiro atoms. The molecule has 2 N–H and O–H groups in total. The van der Waals surface area contributed by atoms with E-state index in [-0.39, 0.29) is 11.7 Å². The first kappa shape index (κ1) is 20.8. The lowest BCUT2D eigenvalue weighted by atomic mass is 10.2. The van der Waals surface area contributed by atoms with Crippen molar-refractivity contribution in [3.05, 3.63) is 45.0 Å². The number of benzene rings is 2. The van der Waals surface area contributed by atoms with Crippen LogP contribution in [0.3, 0.4) is 0 Å². The predicted octanol–water partition coefficient (Wildman–Crippen LogP) is 3.57. The molecule has 0 bridgehead atoms. The molecule has 0 fully saturated rings. The molecular formula is C19H21IN2O5. The molecule has 7 nitrogen and oxygen atoms in total. The summed E-state index contributed by atoms with van der Waals surface area (Å²) < 4.78 is 16.7. The number of carbonyl (C=O) groups excluding carboxylic acids is 1. The van der Waals surface area contributed by atoms with Gasteiger partial charge in [0.15, 0.2) is 23.0 Å². The second kappa shape index (κ2) is 10.0. The first-order chi connectivity index (χ1) is 13.0. The number of rotatable bonds is 8. The lowest BCUT2D eigenvalue weighted by Gasteiger charge is -2.11. The second-order valence-electron chi connectivity index (χ2n) is 5.28. The number of carbonyl (C=O) groups is 1. The molecule has 0 aliphatic carbocycles. The van der Waals surface area contributed by atoms with E-state index in [1.807, 2.05) is 36.4 Å². The number of hydrogen-bond donors (Lipinski definition) is 2. The highest BCUT2D eigenvalue weighted by Crippen LogP contribution is 2.32. The highest BCUT2D eigenvalue weighted by Gasteiger charge is 2.11. The smallest absolute Gasteiger partial charge is 0.271 e. The fraction of sp³-hybridized carbons (Fsp3) is 0.263. The molecule has 2 rings (SSSR count). The number of nitrogens with zero attached hydrogens (tertiary/aromatic N) is 1. The van der Waals surface area contributed by atoms with Crippen LogP contribution in [0, 0.1) is 3.57 Å². The van der Waals surface area contributed by atoms with Crippen LogP contribution in [0.25, 0.3) is 0 Å². The van der Waals surface area contributed by atoms with E-state index in [0.717, 1.165) is 0 Å². The average Bonchev–Trinajstić information content (AvgIpc) is 2.66. The zero-order valence-corrected chi connectivity index (χ0v) is 17.4. The molecule has 0 aromatic heterocycles. The Morgan fingerprint density at radius 2 is 1.85 bits per heavy atom. The van der Waals surface area contributed by atoms with Crippen molar-refractivity contribution in [1.29, 1.82) is 0 Å². The van der Waals surface area contributed by atoms with Crippen LogP contribution in [0.1, 0.15) is 29.8 Å². The average molecular weight is 484 g/mol. The number of hydrazone groups is 1. The number of ether oxygens (including phenoxy) is 3. The molecule has 1 amide bonds. The molecule has 8 heteroatoms. The fourth-order valence-corrected chi connectivity index (χ4v) is 2.87. The second-order valence-corrected chi connectivity index (χ2v) is 6.44. The van der Waals surface area contributed by atoms with Gasteiger partial charge in [-0.05, 0) is 72.3 Å². The van der Waals surface area contributed by atoms with Gasteiger partial charge in [-0.1, -0.05) is 0 Å². The number of nitrogens with one attached hydrogen (secondary N) is 1. The highest BCUT2D eigenvalue weighted by atomic mass is 127. The molecular weight excluding hydrogens is 463 g/mol. The van der Waals surface area contributed by atoms with E-state index in [1.165, 1.54) is 13.3 Å². The molecule has 0 saturated carbocycles. The maximum absolute atomic E-state index is 12.3. The Labute approximate surface area is 171 Å². The van der Waals surface area contributed by atoms with Crippen LogP contribution in [-0.4, -0.2) is 37.6 Å². The van der Waals surface area contributed by atoms with Gasteiger partial charge >= 0.3 is 0 Å². The Morgan fingerprint density at radius 3 is 2.52 bits per heavy atom. The van der Waals surface area contributed by atoms with Gasteiger partial charge in [-0.3, -0.25) is 4.79 Å². The van der Waals surface area contributed by atoms with Crippen molar-refractivity contribution in [3.8, 4) is 23.0 Å². The van der Waals surface area contributed by atoms with Crippen molar-refractivity contribution in [2.75, 3.05) is 20.3 Å². The standard InChI is InChI=1S/C19H21IN2O5/c1-4-26-15-7-6-13(10-16(15)27-5-2)19(24)22-21-11-12-8-14(20)18(23)17(9-12)25-3/h6-11,23H,4-5H2,1-3H3,(H,22,24)/b21-11+. The highest BCUT2D eigenvalue weighted by molar-refractivity contribution is 14.1. The molecule has 144 valence electrons. The van der Waals surface area contributed by atoms with E-state index in [9.17, 15) is 9.90 Å². The molecule has 0 aliphatic heterocycles. The summed E-state index contributed by atoms with van der Waals surface area (Å²) in [6.45, 7) is 4.71. The summed E-state index contributed by atoms with van der Waals surface area (Å²) in [7, 11) is 1.47. The van der Waals surface area contributed by atoms with Crippen LogP contribution in [0.5, 0.6) is 23.0 Å². The Bertz CT molecular complexity index is 839. The van der Waals surface area contributed by atoms with Crippen molar-refractivity contribution in [3.63, 3.8) is 0 Å². The molecule has 2 aromatic rings. The van der Waals surface area contributed by atoms with Crippen LogP contribution in [0.15, 0.2) is 35.4 Å². The van der Waals surface area contributed by atoms with Crippen LogP contribution in [-0.2, 0) is 0 Å². The number of hydrogen-bond acceptors (Lipinski definition) is 6. The summed E-state index contributed by atoms with van der Waals surface area (Å²) in [6.07, 6.45) is 1.47. The number of phenols is 1. The minimum absolute atomic E-state index is 0.0668. The number of amides is 1. The summed E-state index contributed by atoms with van der Waals surface area (Å²) in [4.78, 5) is 12.3. The Balaban J connectivity index is 2.12. The third kappa shape index (κ3) is 5.49. The Kier molecular flexibility index (Phi) is 7.71. The molecule has 0 saturated heterocycles. The van der Waals surface area contributed by atoms with Gasteiger partial charge in [-0.25, -0.2) is 5.43 Å². The third-order valence-corrected chi connectivity index (χ3v) is 4.28. The van der Waals surface area contributed by atoms with E-state index in [2.05, 4.69) is 10.5 Å². The first-order valence-electron chi connectivity index (χ1n) is 8.29. The molecule has 0 heterocycles. The van der Waals surface area contributed by atoms with Gasteiger partial charge in [0, 0.05) is 5.56 Å². The predicted molar refractivity (Wildman–Crippen MR) is 111 cm³/mol. The minimum atomic E-state index is -0.379. The van der Waals surface area contributed by atoms with Gasteiger partial charge in [0.25, 0.3) is 5.91 Å². The number of halogens is 1. The van der Waals surface area contributed by atoms with E-state index < -0.39 is 0 Å². The topological polar surface area (TPSA) is 89.4 Å². The van der Waals surface area contributed by atoms with E-state index >= 15 is 0 Å². The number of aromatic hydroxyl groups is 1. The number of methoxy groups -OCH3 is 1. The van der Waals surface area contributed by atoms with Crippen molar-refractivity contribution in [2.45, 2.75) is 13.8 Å². The van der Waals surface area contributed by atoms with Gasteiger partial charge in [-0.2, -0.15) is 5.10 Å². The summed E-state index contributed by atoms with van der Waals surface area (Å²) >= 11 is 1.99. The Hall–Kier alpha value is -2.49. The molecule has 0 aliphatic rings. The third-order valence-electron chi connectivity index (χ3n) is 3.46. The van der Waals surface area contributed by atoms with Crippen LogP contribution >= 0.6 is 22.6 Å². The lowest BCUT2D eigenvalue weighted by molar-refractivity contribution is 0.0954. The summed E-state index contributed by atoms with van der Waals surface area (Å²) in [6, 6.07) is 8.30. The lowest BCUT2D eigenvalue weighted by Crippen LogP contribution is -2.17. The first-order valence-corrected chi connectivity index (χ1v) is 9.37. The number of phenolic OH excluding ortho intramolecular Hbond substituents is 1. The largest absolute Gasteiger partial charge is 0.504 e. The monoisotopic (exact) mass is 484 g/mol. The van der Waals surface area contributed by atoms with Gasteiger partial charge in [0.1, 0.15) is 0 Å². The van der Waals surface area contributed by atoms with Gasteiger partial charge in [-0.15, -0.1) is 0 Å². The molecule has 2 aromatic carbocycles. The molecule has 0 atom stereocenters. The van der Waals surface area contributed by atoms with E-state index in [4.69, 9.17) is 14.2 Å². The van der Waals surface area contributed by atoms with Crippen molar-refractivity contribution >= 4 is 34.7 Å². The van der Waals surface area contributed by atoms with Crippen molar-refractivity contribution < 1.29 is 24.1 Å². The van der Waals surface area contributed by atoms with Gasteiger partial charge in [0.2, 0.25) is 0 Å². The maximum atomic E-state index is 12.3. The molecule has 0 radical (unpaired) electrons. The van der Waals surface area contributed by atoms with Crippen LogP contribution < -0.4 is 19.6 Å². The van der Waals surface area contributed by atoms with Crippen molar-refractivity contribution in [1.82, 2.24) is 5.43 Å².